The fraction of sp³-hybridized carbons (Fsp3) is 0.412. The number of hydrogen-bond donors (Lipinski definition) is 2. The predicted molar refractivity (Wildman–Crippen MR) is 87.4 cm³/mol. The average molecular weight is 298 g/mol. The molecule has 2 aromatic rings. The molecule has 1 aliphatic rings. The number of benzene rings is 1. The highest BCUT2D eigenvalue weighted by Crippen LogP contribution is 2.22. The maximum atomic E-state index is 12.2. The number of amides is 1. The van der Waals surface area contributed by atoms with Crippen LogP contribution in [-0.4, -0.2) is 36.7 Å². The van der Waals surface area contributed by atoms with Crippen molar-refractivity contribution in [3.05, 3.63) is 46.8 Å². The number of H-pyrrole nitrogens is 1. The lowest BCUT2D eigenvalue weighted by atomic mass is 10.1. The van der Waals surface area contributed by atoms with Crippen LogP contribution in [0.1, 0.15) is 33.7 Å². The van der Waals surface area contributed by atoms with Gasteiger partial charge in [-0.1, -0.05) is 12.1 Å². The fourth-order valence-electron chi connectivity index (χ4n) is 2.87. The summed E-state index contributed by atoms with van der Waals surface area (Å²) in [6.45, 7) is 0.627. The second kappa shape index (κ2) is 6.22. The first kappa shape index (κ1) is 14.6. The van der Waals surface area contributed by atoms with E-state index in [0.29, 0.717) is 12.2 Å². The predicted octanol–water partition coefficient (Wildman–Crippen LogP) is 1.94. The first-order valence-electron chi connectivity index (χ1n) is 7.75. The Labute approximate surface area is 130 Å². The number of anilines is 1. The summed E-state index contributed by atoms with van der Waals surface area (Å²) in [5.74, 6) is -0.0655. The molecule has 1 aromatic carbocycles. The van der Waals surface area contributed by atoms with Crippen molar-refractivity contribution in [1.29, 1.82) is 0 Å². The second-order valence-corrected chi connectivity index (χ2v) is 5.95. The van der Waals surface area contributed by atoms with Crippen molar-refractivity contribution in [1.82, 2.24) is 15.5 Å². The molecule has 0 bridgehead atoms. The van der Waals surface area contributed by atoms with Crippen LogP contribution < -0.4 is 10.2 Å². The summed E-state index contributed by atoms with van der Waals surface area (Å²) in [5.41, 5.74) is 5.21. The summed E-state index contributed by atoms with van der Waals surface area (Å²) in [6.07, 6.45) is 3.91. The minimum atomic E-state index is -0.0655. The maximum absolute atomic E-state index is 12.2. The Morgan fingerprint density at radius 2 is 2.05 bits per heavy atom. The van der Waals surface area contributed by atoms with Crippen molar-refractivity contribution in [2.24, 2.45) is 0 Å². The van der Waals surface area contributed by atoms with Gasteiger partial charge in [-0.25, -0.2) is 0 Å². The summed E-state index contributed by atoms with van der Waals surface area (Å²) in [7, 11) is 4.05. The van der Waals surface area contributed by atoms with E-state index in [9.17, 15) is 4.79 Å². The van der Waals surface area contributed by atoms with Crippen molar-refractivity contribution in [3.8, 4) is 0 Å². The van der Waals surface area contributed by atoms with Crippen molar-refractivity contribution in [2.75, 3.05) is 25.5 Å². The van der Waals surface area contributed by atoms with E-state index in [0.717, 1.165) is 36.9 Å². The number of nitrogens with zero attached hydrogens (tertiary/aromatic N) is 2. The van der Waals surface area contributed by atoms with Crippen LogP contribution in [0.3, 0.4) is 0 Å². The van der Waals surface area contributed by atoms with Crippen molar-refractivity contribution < 1.29 is 4.79 Å². The Balaban J connectivity index is 1.53. The normalized spacial score (nSPS) is 13.0. The van der Waals surface area contributed by atoms with E-state index in [-0.39, 0.29) is 5.91 Å². The quantitative estimate of drug-likeness (QED) is 0.887. The number of carbonyl (C=O) groups excluding carboxylic acids is 1. The number of aromatic amines is 1. The second-order valence-electron chi connectivity index (χ2n) is 5.95. The van der Waals surface area contributed by atoms with Gasteiger partial charge in [-0.15, -0.1) is 0 Å². The van der Waals surface area contributed by atoms with Crippen LogP contribution in [0, 0.1) is 0 Å². The van der Waals surface area contributed by atoms with Gasteiger partial charge in [0.2, 0.25) is 0 Å². The van der Waals surface area contributed by atoms with Gasteiger partial charge in [0.15, 0.2) is 5.69 Å². The number of aryl methyl sites for hydroxylation is 1. The Bertz CT molecular complexity index is 658. The van der Waals surface area contributed by atoms with Crippen molar-refractivity contribution in [2.45, 2.75) is 25.7 Å². The molecule has 2 N–H and O–H groups in total. The van der Waals surface area contributed by atoms with Crippen LogP contribution in [0.25, 0.3) is 0 Å². The SMILES string of the molecule is CN(C)c1ccc(CCNC(=O)c2n[nH]c3c2CCC3)cc1. The molecule has 5 nitrogen and oxygen atoms in total. The van der Waals surface area contributed by atoms with E-state index in [4.69, 9.17) is 0 Å². The van der Waals surface area contributed by atoms with Crippen LogP contribution in [0.4, 0.5) is 5.69 Å². The topological polar surface area (TPSA) is 61.0 Å². The summed E-state index contributed by atoms with van der Waals surface area (Å²) < 4.78 is 0. The van der Waals surface area contributed by atoms with E-state index in [1.807, 2.05) is 14.1 Å². The molecule has 0 radical (unpaired) electrons. The van der Waals surface area contributed by atoms with Crippen molar-refractivity contribution >= 4 is 11.6 Å². The zero-order valence-electron chi connectivity index (χ0n) is 13.1. The number of fused-ring (bicyclic) bond motifs is 1. The molecule has 22 heavy (non-hydrogen) atoms. The Hall–Kier alpha value is -2.30. The first-order valence-corrected chi connectivity index (χ1v) is 7.75. The monoisotopic (exact) mass is 298 g/mol. The van der Waals surface area contributed by atoms with Gasteiger partial charge in [0.25, 0.3) is 5.91 Å². The van der Waals surface area contributed by atoms with Gasteiger partial charge in [-0.05, 0) is 43.4 Å². The van der Waals surface area contributed by atoms with Gasteiger partial charge in [0.05, 0.1) is 0 Å². The Morgan fingerprint density at radius 1 is 1.27 bits per heavy atom. The largest absolute Gasteiger partial charge is 0.378 e. The third-order valence-electron chi connectivity index (χ3n) is 4.17. The molecule has 3 rings (SSSR count). The molecule has 1 amide bonds. The molecule has 0 spiro atoms. The maximum Gasteiger partial charge on any atom is 0.272 e. The summed E-state index contributed by atoms with van der Waals surface area (Å²) >= 11 is 0. The zero-order chi connectivity index (χ0) is 15.5. The van der Waals surface area contributed by atoms with E-state index in [1.54, 1.807) is 0 Å². The lowest BCUT2D eigenvalue weighted by Crippen LogP contribution is -2.26. The molecule has 1 aromatic heterocycles. The van der Waals surface area contributed by atoms with Crippen molar-refractivity contribution in [3.63, 3.8) is 0 Å². The number of aromatic nitrogens is 2. The molecule has 0 fully saturated rings. The van der Waals surface area contributed by atoms with Gasteiger partial charge in [-0.2, -0.15) is 5.10 Å². The summed E-state index contributed by atoms with van der Waals surface area (Å²) in [6, 6.07) is 8.40. The number of hydrogen-bond acceptors (Lipinski definition) is 3. The van der Waals surface area contributed by atoms with E-state index in [1.165, 1.54) is 11.3 Å². The molecular formula is C17H22N4O. The van der Waals surface area contributed by atoms with Gasteiger partial charge in [0, 0.05) is 37.6 Å². The standard InChI is InChI=1S/C17H22N4O/c1-21(2)13-8-6-12(7-9-13)10-11-18-17(22)16-14-4-3-5-15(14)19-20-16/h6-9H,3-5,10-11H2,1-2H3,(H,18,22)(H,19,20). The van der Waals surface area contributed by atoms with Gasteiger partial charge in [0.1, 0.15) is 0 Å². The summed E-state index contributed by atoms with van der Waals surface area (Å²) in [4.78, 5) is 14.3. The molecule has 116 valence electrons. The molecule has 0 atom stereocenters. The molecule has 1 aliphatic carbocycles. The minimum absolute atomic E-state index is 0.0655. The molecule has 5 heteroatoms. The first-order chi connectivity index (χ1) is 10.6. The lowest BCUT2D eigenvalue weighted by molar-refractivity contribution is 0.0948. The molecule has 0 unspecified atom stereocenters. The zero-order valence-corrected chi connectivity index (χ0v) is 13.1. The van der Waals surface area contributed by atoms with Gasteiger partial charge >= 0.3 is 0 Å². The van der Waals surface area contributed by atoms with E-state index < -0.39 is 0 Å². The highest BCUT2D eigenvalue weighted by atomic mass is 16.1. The number of rotatable bonds is 5. The van der Waals surface area contributed by atoms with Gasteiger partial charge in [-0.3, -0.25) is 9.89 Å². The highest BCUT2D eigenvalue weighted by Gasteiger charge is 2.22. The molecular weight excluding hydrogens is 276 g/mol. The molecule has 1 heterocycles. The highest BCUT2D eigenvalue weighted by molar-refractivity contribution is 5.94. The number of nitrogens with one attached hydrogen (secondary N) is 2. The molecule has 0 saturated heterocycles. The van der Waals surface area contributed by atoms with E-state index >= 15 is 0 Å². The Kier molecular flexibility index (Phi) is 4.13. The minimum Gasteiger partial charge on any atom is -0.378 e. The van der Waals surface area contributed by atoms with E-state index in [2.05, 4.69) is 44.7 Å². The van der Waals surface area contributed by atoms with Crippen LogP contribution in [0.15, 0.2) is 24.3 Å². The Morgan fingerprint density at radius 3 is 2.77 bits per heavy atom. The van der Waals surface area contributed by atoms with Gasteiger partial charge < -0.3 is 10.2 Å². The smallest absolute Gasteiger partial charge is 0.272 e. The lowest BCUT2D eigenvalue weighted by Gasteiger charge is -2.12. The molecule has 0 aliphatic heterocycles. The number of carbonyl (C=O) groups is 1. The van der Waals surface area contributed by atoms with Crippen LogP contribution in [-0.2, 0) is 19.3 Å². The fourth-order valence-corrected chi connectivity index (χ4v) is 2.87. The molecule has 0 saturated carbocycles. The third kappa shape index (κ3) is 2.98. The van der Waals surface area contributed by atoms with Crippen LogP contribution >= 0.6 is 0 Å². The van der Waals surface area contributed by atoms with Crippen LogP contribution in [0.2, 0.25) is 0 Å². The average Bonchev–Trinajstić information content (AvgIpc) is 3.10. The third-order valence-corrected chi connectivity index (χ3v) is 4.17. The summed E-state index contributed by atoms with van der Waals surface area (Å²) in [5, 5.41) is 10.1. The van der Waals surface area contributed by atoms with Crippen LogP contribution in [0.5, 0.6) is 0 Å².